The van der Waals surface area contributed by atoms with Crippen LogP contribution in [0, 0.1) is 0 Å². The number of ether oxygens (including phenoxy) is 2. The van der Waals surface area contributed by atoms with Crippen LogP contribution in [0.5, 0.6) is 11.5 Å². The molecule has 0 bridgehead atoms. The standard InChI is InChI=1S/C32H46O6/c1-29(2,3)21-15-19(27(35)37-11)17-23(25(21)33)31(7,8)13-14-32(9,10)24-18-20(28(36)38-12)16-22(26(24)34)30(4,5)6/h15-18,33-34H,13-14H2,1-12H3. The van der Waals surface area contributed by atoms with Crippen molar-refractivity contribution in [3.8, 4) is 11.5 Å². The lowest BCUT2D eigenvalue weighted by atomic mass is 9.70. The van der Waals surface area contributed by atoms with E-state index in [2.05, 4.69) is 0 Å². The van der Waals surface area contributed by atoms with Crippen molar-refractivity contribution in [1.82, 2.24) is 0 Å². The number of carbonyl (C=O) groups is 2. The zero-order valence-corrected chi connectivity index (χ0v) is 25.3. The van der Waals surface area contributed by atoms with Crippen molar-refractivity contribution in [2.45, 2.75) is 104 Å². The van der Waals surface area contributed by atoms with Gasteiger partial charge in [-0.1, -0.05) is 69.2 Å². The maximum absolute atomic E-state index is 12.5. The summed E-state index contributed by atoms with van der Waals surface area (Å²) in [6.45, 7) is 20.1. The monoisotopic (exact) mass is 526 g/mol. The molecule has 0 atom stereocenters. The van der Waals surface area contributed by atoms with Crippen LogP contribution < -0.4 is 0 Å². The molecule has 0 radical (unpaired) electrons. The molecule has 210 valence electrons. The van der Waals surface area contributed by atoms with Crippen LogP contribution in [-0.2, 0) is 31.1 Å². The van der Waals surface area contributed by atoms with Crippen LogP contribution in [0.1, 0.15) is 125 Å². The molecular formula is C32H46O6. The van der Waals surface area contributed by atoms with Gasteiger partial charge in [-0.05, 0) is 58.8 Å². The summed E-state index contributed by atoms with van der Waals surface area (Å²) in [4.78, 5) is 25.0. The lowest BCUT2D eigenvalue weighted by Gasteiger charge is -2.35. The molecule has 0 aliphatic carbocycles. The van der Waals surface area contributed by atoms with Crippen LogP contribution in [-0.4, -0.2) is 36.4 Å². The fraction of sp³-hybridized carbons (Fsp3) is 0.562. The molecule has 2 rings (SSSR count). The molecule has 0 aromatic heterocycles. The molecule has 0 aliphatic heterocycles. The Kier molecular flexibility index (Phi) is 8.72. The first-order chi connectivity index (χ1) is 17.2. The quantitative estimate of drug-likeness (QED) is 0.368. The van der Waals surface area contributed by atoms with E-state index in [1.54, 1.807) is 24.3 Å². The molecule has 0 unspecified atom stereocenters. The smallest absolute Gasteiger partial charge is 0.337 e. The fourth-order valence-corrected chi connectivity index (χ4v) is 4.81. The van der Waals surface area contributed by atoms with Gasteiger partial charge in [0.25, 0.3) is 0 Å². The molecule has 2 aromatic carbocycles. The Morgan fingerprint density at radius 2 is 0.842 bits per heavy atom. The number of carbonyl (C=O) groups excluding carboxylic acids is 2. The van der Waals surface area contributed by atoms with E-state index in [9.17, 15) is 19.8 Å². The second kappa shape index (κ2) is 10.6. The highest BCUT2D eigenvalue weighted by Gasteiger charge is 2.35. The Balaban J connectivity index is 2.59. The van der Waals surface area contributed by atoms with Gasteiger partial charge < -0.3 is 19.7 Å². The summed E-state index contributed by atoms with van der Waals surface area (Å²) >= 11 is 0. The number of benzene rings is 2. The Labute approximate surface area is 228 Å². The van der Waals surface area contributed by atoms with Gasteiger partial charge in [0.2, 0.25) is 0 Å². The average Bonchev–Trinajstić information content (AvgIpc) is 2.80. The maximum atomic E-state index is 12.5. The van der Waals surface area contributed by atoms with Crippen molar-refractivity contribution in [3.05, 3.63) is 57.6 Å². The second-order valence-electron chi connectivity index (χ2n) is 13.6. The second-order valence-corrected chi connectivity index (χ2v) is 13.6. The molecule has 0 fully saturated rings. The minimum atomic E-state index is -0.520. The van der Waals surface area contributed by atoms with Crippen molar-refractivity contribution < 1.29 is 29.3 Å². The van der Waals surface area contributed by atoms with Crippen LogP contribution in [0.3, 0.4) is 0 Å². The number of phenols is 2. The average molecular weight is 527 g/mol. The van der Waals surface area contributed by atoms with Crippen LogP contribution in [0.15, 0.2) is 24.3 Å². The van der Waals surface area contributed by atoms with Crippen molar-refractivity contribution in [2.75, 3.05) is 14.2 Å². The lowest BCUT2D eigenvalue weighted by Crippen LogP contribution is -2.27. The van der Waals surface area contributed by atoms with Crippen molar-refractivity contribution >= 4 is 11.9 Å². The van der Waals surface area contributed by atoms with Gasteiger partial charge in [-0.2, -0.15) is 0 Å². The molecular weight excluding hydrogens is 480 g/mol. The molecule has 0 heterocycles. The van der Waals surface area contributed by atoms with Crippen molar-refractivity contribution in [3.63, 3.8) is 0 Å². The van der Waals surface area contributed by atoms with Crippen LogP contribution in [0.4, 0.5) is 0 Å². The summed E-state index contributed by atoms with van der Waals surface area (Å²) in [5, 5.41) is 22.7. The molecule has 0 amide bonds. The Hall–Kier alpha value is -3.02. The molecule has 0 saturated heterocycles. The topological polar surface area (TPSA) is 93.1 Å². The van der Waals surface area contributed by atoms with E-state index >= 15 is 0 Å². The normalized spacial score (nSPS) is 12.8. The third-order valence-electron chi connectivity index (χ3n) is 7.51. The molecule has 2 N–H and O–H groups in total. The summed E-state index contributed by atoms with van der Waals surface area (Å²) in [5.74, 6) is -0.545. The maximum Gasteiger partial charge on any atom is 0.337 e. The lowest BCUT2D eigenvalue weighted by molar-refractivity contribution is 0.0591. The summed E-state index contributed by atoms with van der Waals surface area (Å²) < 4.78 is 9.98. The van der Waals surface area contributed by atoms with Gasteiger partial charge in [0.05, 0.1) is 25.3 Å². The molecule has 0 spiro atoms. The number of methoxy groups -OCH3 is 2. The molecule has 0 saturated carbocycles. The minimum Gasteiger partial charge on any atom is -0.507 e. The number of phenolic OH excluding ortho intramolecular Hbond substituents is 2. The highest BCUT2D eigenvalue weighted by molar-refractivity contribution is 5.91. The molecule has 6 heteroatoms. The number of hydrogen-bond acceptors (Lipinski definition) is 6. The van der Waals surface area contributed by atoms with Crippen molar-refractivity contribution in [1.29, 1.82) is 0 Å². The largest absolute Gasteiger partial charge is 0.507 e. The predicted molar refractivity (Wildman–Crippen MR) is 152 cm³/mol. The van der Waals surface area contributed by atoms with Gasteiger partial charge in [0, 0.05) is 22.3 Å². The van der Waals surface area contributed by atoms with E-state index in [1.807, 2.05) is 69.2 Å². The summed E-state index contributed by atoms with van der Waals surface area (Å²) in [7, 11) is 2.69. The summed E-state index contributed by atoms with van der Waals surface area (Å²) in [6, 6.07) is 6.84. The first-order valence-electron chi connectivity index (χ1n) is 13.1. The third-order valence-corrected chi connectivity index (χ3v) is 7.51. The minimum absolute atomic E-state index is 0.179. The number of aromatic hydroxyl groups is 2. The Bertz CT molecular complexity index is 1110. The molecule has 2 aromatic rings. The van der Waals surface area contributed by atoms with Gasteiger partial charge in [0.1, 0.15) is 11.5 Å². The number of hydrogen-bond donors (Lipinski definition) is 2. The summed E-state index contributed by atoms with van der Waals surface area (Å²) in [5.41, 5.74) is 1.69. The first kappa shape index (κ1) is 31.2. The fourth-order valence-electron chi connectivity index (χ4n) is 4.81. The SMILES string of the molecule is COC(=O)c1cc(C(C)(C)C)c(O)c(C(C)(C)CCC(C)(C)c2cc(C(=O)OC)cc(C(C)(C)C)c2O)c1. The Morgan fingerprint density at radius 3 is 1.08 bits per heavy atom. The van der Waals surface area contributed by atoms with E-state index in [0.29, 0.717) is 46.2 Å². The zero-order valence-electron chi connectivity index (χ0n) is 25.3. The van der Waals surface area contributed by atoms with Crippen LogP contribution in [0.25, 0.3) is 0 Å². The number of rotatable bonds is 7. The van der Waals surface area contributed by atoms with Crippen LogP contribution >= 0.6 is 0 Å². The highest BCUT2D eigenvalue weighted by atomic mass is 16.5. The number of esters is 2. The Morgan fingerprint density at radius 1 is 0.579 bits per heavy atom. The summed E-state index contributed by atoms with van der Waals surface area (Å²) in [6.07, 6.45) is 1.27. The van der Waals surface area contributed by atoms with Crippen LogP contribution in [0.2, 0.25) is 0 Å². The predicted octanol–water partition coefficient (Wildman–Crippen LogP) is 7.30. The van der Waals surface area contributed by atoms with Gasteiger partial charge in [-0.15, -0.1) is 0 Å². The van der Waals surface area contributed by atoms with E-state index in [4.69, 9.17) is 9.47 Å². The van der Waals surface area contributed by atoms with Gasteiger partial charge in [-0.25, -0.2) is 9.59 Å². The highest BCUT2D eigenvalue weighted by Crippen LogP contribution is 2.46. The van der Waals surface area contributed by atoms with E-state index < -0.39 is 22.8 Å². The third kappa shape index (κ3) is 6.51. The van der Waals surface area contributed by atoms with Gasteiger partial charge in [-0.3, -0.25) is 0 Å². The van der Waals surface area contributed by atoms with E-state index in [0.717, 1.165) is 0 Å². The van der Waals surface area contributed by atoms with E-state index in [1.165, 1.54) is 14.2 Å². The van der Waals surface area contributed by atoms with E-state index in [-0.39, 0.29) is 22.3 Å². The van der Waals surface area contributed by atoms with Gasteiger partial charge >= 0.3 is 11.9 Å². The van der Waals surface area contributed by atoms with Crippen molar-refractivity contribution in [2.24, 2.45) is 0 Å². The zero-order chi connectivity index (χ0) is 29.4. The first-order valence-corrected chi connectivity index (χ1v) is 13.1. The molecule has 38 heavy (non-hydrogen) atoms. The molecule has 6 nitrogen and oxygen atoms in total. The van der Waals surface area contributed by atoms with Gasteiger partial charge in [0.15, 0.2) is 0 Å². The molecule has 0 aliphatic rings.